The predicted octanol–water partition coefficient (Wildman–Crippen LogP) is 4.86. The van der Waals surface area contributed by atoms with Crippen LogP contribution >= 0.6 is 0 Å². The fraction of sp³-hybridized carbons (Fsp3) is 0.382. The van der Waals surface area contributed by atoms with Gasteiger partial charge in [0.15, 0.2) is 11.5 Å². The molecule has 2 bridgehead atoms. The van der Waals surface area contributed by atoms with Crippen LogP contribution in [0, 0.1) is 24.7 Å². The molecular formula is C34H37N9O2. The summed E-state index contributed by atoms with van der Waals surface area (Å²) in [5, 5.41) is 12.3. The van der Waals surface area contributed by atoms with Crippen molar-refractivity contribution in [1.82, 2.24) is 39.0 Å². The van der Waals surface area contributed by atoms with E-state index < -0.39 is 0 Å². The van der Waals surface area contributed by atoms with Crippen LogP contribution in [0.15, 0.2) is 73.6 Å². The van der Waals surface area contributed by atoms with Crippen LogP contribution in [-0.2, 0) is 10.2 Å². The molecule has 230 valence electrons. The molecule has 11 nitrogen and oxygen atoms in total. The Kier molecular flexibility index (Phi) is 6.42. The number of benzene rings is 1. The summed E-state index contributed by atoms with van der Waals surface area (Å²) < 4.78 is 9.84. The number of nitrogens with zero attached hydrogens (tertiary/aromatic N) is 8. The second-order valence-electron chi connectivity index (χ2n) is 13.3. The predicted molar refractivity (Wildman–Crippen MR) is 171 cm³/mol. The van der Waals surface area contributed by atoms with Crippen molar-refractivity contribution in [3.05, 3.63) is 84.7 Å². The molecule has 1 amide bonds. The quantitative estimate of drug-likeness (QED) is 0.251. The maximum Gasteiger partial charge on any atom is 0.250 e. The molecule has 3 aliphatic rings. The zero-order valence-corrected chi connectivity index (χ0v) is 25.8. The van der Waals surface area contributed by atoms with Crippen molar-refractivity contribution in [2.75, 3.05) is 39.0 Å². The molecule has 1 aromatic carbocycles. The molecule has 3 fully saturated rings. The molecule has 45 heavy (non-hydrogen) atoms. The maximum absolute atomic E-state index is 13.3. The van der Waals surface area contributed by atoms with E-state index in [4.69, 9.17) is 9.72 Å². The Bertz CT molecular complexity index is 1960. The number of aryl methyl sites for hydroxylation is 1. The van der Waals surface area contributed by atoms with Gasteiger partial charge < -0.3 is 19.9 Å². The van der Waals surface area contributed by atoms with E-state index in [-0.39, 0.29) is 11.3 Å². The molecule has 4 atom stereocenters. The number of carbonyl (C=O) groups excluding carboxylic acids is 1. The van der Waals surface area contributed by atoms with Gasteiger partial charge in [-0.25, -0.2) is 19.0 Å². The van der Waals surface area contributed by atoms with Gasteiger partial charge in [-0.3, -0.25) is 4.79 Å². The molecular weight excluding hydrogens is 566 g/mol. The van der Waals surface area contributed by atoms with Gasteiger partial charge >= 0.3 is 0 Å². The highest BCUT2D eigenvalue weighted by Crippen LogP contribution is 2.65. The van der Waals surface area contributed by atoms with Gasteiger partial charge in [0.05, 0.1) is 0 Å². The van der Waals surface area contributed by atoms with Crippen LogP contribution in [0.3, 0.4) is 0 Å². The molecule has 4 unspecified atom stereocenters. The number of nitrogens with one attached hydrogen (secondary N) is 1. The number of hydrogen-bond acceptors (Lipinski definition) is 8. The molecule has 1 N–H and O–H groups in total. The Morgan fingerprint density at radius 1 is 1.07 bits per heavy atom. The number of anilines is 2. The third-order valence-electron chi connectivity index (χ3n) is 10.1. The number of likely N-dealkylation sites (tertiary alicyclic amines) is 1. The number of rotatable bonds is 8. The summed E-state index contributed by atoms with van der Waals surface area (Å²) >= 11 is 0. The minimum atomic E-state index is 0.0973. The molecule has 5 aromatic rings. The number of aromatic nitrogens is 6. The molecule has 8 rings (SSSR count). The van der Waals surface area contributed by atoms with E-state index in [2.05, 4.69) is 50.3 Å². The summed E-state index contributed by atoms with van der Waals surface area (Å²) in [6, 6.07) is 12.1. The summed E-state index contributed by atoms with van der Waals surface area (Å²) in [6.45, 7) is 8.37. The lowest BCUT2D eigenvalue weighted by Gasteiger charge is -2.53. The Morgan fingerprint density at radius 3 is 2.73 bits per heavy atom. The van der Waals surface area contributed by atoms with Crippen LogP contribution in [-0.4, -0.2) is 78.6 Å². The Labute approximate surface area is 261 Å². The smallest absolute Gasteiger partial charge is 0.250 e. The number of ether oxygens (including phenoxy) is 1. The average molecular weight is 604 g/mol. The molecule has 2 aliphatic carbocycles. The largest absolute Gasteiger partial charge is 0.457 e. The van der Waals surface area contributed by atoms with E-state index in [0.29, 0.717) is 35.6 Å². The van der Waals surface area contributed by atoms with Crippen LogP contribution in [0.5, 0.6) is 11.5 Å². The summed E-state index contributed by atoms with van der Waals surface area (Å²) in [7, 11) is 3.96. The topological polar surface area (TPSA) is 105 Å². The molecule has 4 aromatic heterocycles. The van der Waals surface area contributed by atoms with Gasteiger partial charge in [-0.2, -0.15) is 10.2 Å². The SMILES string of the molecule is C=C(CN(C)C)C(=O)N1CC2CC3C(C1)CC3(c1ccn3ncnc(Nc4ccc(Oc5ccn6ncnc6c5)c(C)c4)c13)C2. The summed E-state index contributed by atoms with van der Waals surface area (Å²) in [4.78, 5) is 26.3. The maximum atomic E-state index is 13.3. The van der Waals surface area contributed by atoms with Gasteiger partial charge in [-0.15, -0.1) is 0 Å². The standard InChI is InChI=1S/C34H37N9O2/c1-21-11-25(5-6-29(21)45-26-7-9-42-30(13-26)35-19-37-42)39-32-31-27(8-10-43(31)38-20-36-32)34-14-23-12-28(34)24(15-34)18-41(17-23)33(44)22(2)16-40(3)4/h5-11,13,19-20,23-24,28H,2,12,14-18H2,1,3-4H3,(H,36,38,39). The van der Waals surface area contributed by atoms with Crippen molar-refractivity contribution >= 4 is 28.6 Å². The third kappa shape index (κ3) is 4.64. The van der Waals surface area contributed by atoms with Crippen molar-refractivity contribution in [2.24, 2.45) is 17.8 Å². The van der Waals surface area contributed by atoms with Gasteiger partial charge in [0, 0.05) is 54.8 Å². The zero-order chi connectivity index (χ0) is 30.9. The summed E-state index contributed by atoms with van der Waals surface area (Å²) in [6.07, 6.45) is 10.3. The molecule has 2 saturated carbocycles. The van der Waals surface area contributed by atoms with E-state index in [9.17, 15) is 4.79 Å². The van der Waals surface area contributed by atoms with Crippen molar-refractivity contribution in [3.8, 4) is 11.5 Å². The Hall–Kier alpha value is -4.77. The van der Waals surface area contributed by atoms with E-state index >= 15 is 0 Å². The van der Waals surface area contributed by atoms with Gasteiger partial charge in [-0.1, -0.05) is 6.58 Å². The monoisotopic (exact) mass is 603 g/mol. The van der Waals surface area contributed by atoms with Gasteiger partial charge in [0.1, 0.15) is 29.7 Å². The second-order valence-corrected chi connectivity index (χ2v) is 13.3. The highest BCUT2D eigenvalue weighted by Gasteiger charge is 2.62. The van der Waals surface area contributed by atoms with Crippen molar-refractivity contribution in [3.63, 3.8) is 0 Å². The molecule has 1 saturated heterocycles. The molecule has 5 heterocycles. The first-order valence-electron chi connectivity index (χ1n) is 15.6. The number of likely N-dealkylation sites (N-methyl/N-ethyl adjacent to an activating group) is 1. The average Bonchev–Trinajstić information content (AvgIpc) is 3.69. The Morgan fingerprint density at radius 2 is 1.89 bits per heavy atom. The van der Waals surface area contributed by atoms with Crippen LogP contribution < -0.4 is 10.1 Å². The molecule has 0 spiro atoms. The van der Waals surface area contributed by atoms with E-state index in [1.165, 1.54) is 11.9 Å². The lowest BCUT2D eigenvalue weighted by molar-refractivity contribution is -0.130. The van der Waals surface area contributed by atoms with Crippen molar-refractivity contribution in [1.29, 1.82) is 0 Å². The summed E-state index contributed by atoms with van der Waals surface area (Å²) in [5.74, 6) is 3.93. The molecule has 1 aliphatic heterocycles. The first kappa shape index (κ1) is 27.8. The number of amides is 1. The second kappa shape index (κ2) is 10.4. The van der Waals surface area contributed by atoms with E-state index in [1.807, 2.05) is 60.9 Å². The normalized spacial score (nSPS) is 23.7. The van der Waals surface area contributed by atoms with Crippen LogP contribution in [0.2, 0.25) is 0 Å². The van der Waals surface area contributed by atoms with Gasteiger partial charge in [0.25, 0.3) is 5.91 Å². The van der Waals surface area contributed by atoms with Crippen LogP contribution in [0.1, 0.15) is 30.4 Å². The zero-order valence-electron chi connectivity index (χ0n) is 25.8. The van der Waals surface area contributed by atoms with Crippen LogP contribution in [0.4, 0.5) is 11.5 Å². The third-order valence-corrected chi connectivity index (χ3v) is 10.1. The van der Waals surface area contributed by atoms with Crippen molar-refractivity contribution in [2.45, 2.75) is 31.6 Å². The minimum Gasteiger partial charge on any atom is -0.457 e. The first-order chi connectivity index (χ1) is 21.8. The number of pyridine rings is 1. The summed E-state index contributed by atoms with van der Waals surface area (Å²) in [5.41, 5.74) is 5.79. The Balaban J connectivity index is 1.03. The molecule has 11 heteroatoms. The molecule has 0 radical (unpaired) electrons. The van der Waals surface area contributed by atoms with Gasteiger partial charge in [-0.05, 0) is 99.5 Å². The lowest BCUT2D eigenvalue weighted by Crippen LogP contribution is -2.54. The first-order valence-corrected chi connectivity index (χ1v) is 15.6. The minimum absolute atomic E-state index is 0.0973. The fourth-order valence-corrected chi connectivity index (χ4v) is 8.33. The highest BCUT2D eigenvalue weighted by molar-refractivity contribution is 5.93. The van der Waals surface area contributed by atoms with Gasteiger partial charge in [0.2, 0.25) is 0 Å². The van der Waals surface area contributed by atoms with E-state index in [1.54, 1.807) is 10.8 Å². The number of hydrogen-bond donors (Lipinski definition) is 1. The highest BCUT2D eigenvalue weighted by atomic mass is 16.5. The van der Waals surface area contributed by atoms with E-state index in [0.717, 1.165) is 66.3 Å². The van der Waals surface area contributed by atoms with Crippen molar-refractivity contribution < 1.29 is 9.53 Å². The number of carbonyl (C=O) groups is 1. The van der Waals surface area contributed by atoms with Crippen LogP contribution in [0.25, 0.3) is 11.2 Å². The fourth-order valence-electron chi connectivity index (χ4n) is 8.33. The lowest BCUT2D eigenvalue weighted by atomic mass is 9.52. The number of fused-ring (bicyclic) bond motifs is 3.